The van der Waals surface area contributed by atoms with Crippen LogP contribution >= 0.6 is 0 Å². The molecule has 0 bridgehead atoms. The molecule has 1 rings (SSSR count). The van der Waals surface area contributed by atoms with E-state index >= 15 is 0 Å². The van der Waals surface area contributed by atoms with E-state index in [-0.39, 0.29) is 5.92 Å². The molecule has 0 radical (unpaired) electrons. The second kappa shape index (κ2) is 7.03. The van der Waals surface area contributed by atoms with Gasteiger partial charge in [0.1, 0.15) is 0 Å². The molecule has 0 spiro atoms. The molecule has 0 heterocycles. The van der Waals surface area contributed by atoms with Crippen LogP contribution in [0.15, 0.2) is 30.3 Å². The van der Waals surface area contributed by atoms with Crippen LogP contribution in [0.2, 0.25) is 0 Å². The highest BCUT2D eigenvalue weighted by Crippen LogP contribution is 2.17. The van der Waals surface area contributed by atoms with E-state index in [4.69, 9.17) is 5.26 Å². The molecule has 0 saturated carbocycles. The lowest BCUT2D eigenvalue weighted by Gasteiger charge is -2.12. The molecule has 0 saturated heterocycles. The van der Waals surface area contributed by atoms with Crippen molar-refractivity contribution in [3.63, 3.8) is 0 Å². The monoisotopic (exact) mass is 216 g/mol. The van der Waals surface area contributed by atoms with E-state index in [1.54, 1.807) is 0 Å². The van der Waals surface area contributed by atoms with Crippen LogP contribution < -0.4 is 5.32 Å². The Labute approximate surface area is 98.3 Å². The average molecular weight is 216 g/mol. The normalized spacial score (nSPS) is 14.1. The minimum absolute atomic E-state index is 0.104. The van der Waals surface area contributed by atoms with Crippen molar-refractivity contribution in [2.24, 2.45) is 5.92 Å². The molecule has 0 aliphatic carbocycles. The van der Waals surface area contributed by atoms with Crippen LogP contribution in [-0.4, -0.2) is 13.1 Å². The molecule has 1 aromatic rings. The Bertz CT molecular complexity index is 326. The maximum absolute atomic E-state index is 8.63. The topological polar surface area (TPSA) is 35.8 Å². The van der Waals surface area contributed by atoms with Crippen LogP contribution in [0, 0.1) is 17.2 Å². The molecular weight excluding hydrogens is 196 g/mol. The molecule has 2 nitrogen and oxygen atoms in total. The van der Waals surface area contributed by atoms with E-state index in [9.17, 15) is 0 Å². The summed E-state index contributed by atoms with van der Waals surface area (Å²) >= 11 is 0. The Morgan fingerprint density at radius 1 is 1.25 bits per heavy atom. The van der Waals surface area contributed by atoms with Gasteiger partial charge in [0.25, 0.3) is 0 Å². The SMILES string of the molecule is C[C@H](CCNC[C@@H](C)C#N)c1ccccc1. The molecule has 0 unspecified atom stereocenters. The third-order valence-electron chi connectivity index (χ3n) is 2.79. The molecule has 1 aromatic carbocycles. The fourth-order valence-corrected chi connectivity index (χ4v) is 1.63. The first-order valence-corrected chi connectivity index (χ1v) is 5.89. The highest BCUT2D eigenvalue weighted by Gasteiger charge is 2.04. The average Bonchev–Trinajstić information content (AvgIpc) is 2.35. The Kier molecular flexibility index (Phi) is 5.60. The van der Waals surface area contributed by atoms with Crippen molar-refractivity contribution in [3.05, 3.63) is 35.9 Å². The lowest BCUT2D eigenvalue weighted by Crippen LogP contribution is -2.22. The number of benzene rings is 1. The van der Waals surface area contributed by atoms with Crippen LogP contribution in [-0.2, 0) is 0 Å². The summed E-state index contributed by atoms with van der Waals surface area (Å²) < 4.78 is 0. The number of hydrogen-bond donors (Lipinski definition) is 1. The minimum Gasteiger partial charge on any atom is -0.315 e. The first-order chi connectivity index (χ1) is 7.74. The number of nitrogens with one attached hydrogen (secondary N) is 1. The fraction of sp³-hybridized carbons (Fsp3) is 0.500. The van der Waals surface area contributed by atoms with Crippen molar-refractivity contribution < 1.29 is 0 Å². The van der Waals surface area contributed by atoms with E-state index in [0.29, 0.717) is 5.92 Å². The zero-order chi connectivity index (χ0) is 11.8. The molecule has 1 N–H and O–H groups in total. The zero-order valence-electron chi connectivity index (χ0n) is 10.1. The second-order valence-corrected chi connectivity index (χ2v) is 4.33. The van der Waals surface area contributed by atoms with E-state index in [0.717, 1.165) is 19.5 Å². The van der Waals surface area contributed by atoms with E-state index in [1.165, 1.54) is 5.56 Å². The molecule has 86 valence electrons. The van der Waals surface area contributed by atoms with Gasteiger partial charge < -0.3 is 5.32 Å². The van der Waals surface area contributed by atoms with Crippen LogP contribution in [0.25, 0.3) is 0 Å². The van der Waals surface area contributed by atoms with Gasteiger partial charge in [0.15, 0.2) is 0 Å². The summed E-state index contributed by atoms with van der Waals surface area (Å²) in [6, 6.07) is 12.8. The number of rotatable bonds is 6. The minimum atomic E-state index is 0.104. The summed E-state index contributed by atoms with van der Waals surface area (Å²) in [5.41, 5.74) is 1.39. The lowest BCUT2D eigenvalue weighted by molar-refractivity contribution is 0.556. The number of nitriles is 1. The summed E-state index contributed by atoms with van der Waals surface area (Å²) in [5, 5.41) is 11.9. The molecule has 0 fully saturated rings. The maximum Gasteiger partial charge on any atom is 0.0666 e. The largest absolute Gasteiger partial charge is 0.315 e. The summed E-state index contributed by atoms with van der Waals surface area (Å²) in [5.74, 6) is 0.679. The summed E-state index contributed by atoms with van der Waals surface area (Å²) in [6.07, 6.45) is 1.11. The van der Waals surface area contributed by atoms with Gasteiger partial charge in [0.2, 0.25) is 0 Å². The van der Waals surface area contributed by atoms with Crippen molar-refractivity contribution in [2.45, 2.75) is 26.2 Å². The van der Waals surface area contributed by atoms with Gasteiger partial charge in [-0.3, -0.25) is 0 Å². The van der Waals surface area contributed by atoms with Crippen molar-refractivity contribution in [1.29, 1.82) is 5.26 Å². The van der Waals surface area contributed by atoms with Crippen molar-refractivity contribution >= 4 is 0 Å². The third kappa shape index (κ3) is 4.46. The van der Waals surface area contributed by atoms with Gasteiger partial charge in [0, 0.05) is 6.54 Å². The van der Waals surface area contributed by atoms with Crippen molar-refractivity contribution in [2.75, 3.05) is 13.1 Å². The summed E-state index contributed by atoms with van der Waals surface area (Å²) in [6.45, 7) is 5.94. The highest BCUT2D eigenvalue weighted by molar-refractivity contribution is 5.18. The van der Waals surface area contributed by atoms with Gasteiger partial charge in [-0.05, 0) is 31.4 Å². The van der Waals surface area contributed by atoms with Gasteiger partial charge >= 0.3 is 0 Å². The molecule has 0 aromatic heterocycles. The van der Waals surface area contributed by atoms with Gasteiger partial charge in [-0.1, -0.05) is 37.3 Å². The summed E-state index contributed by atoms with van der Waals surface area (Å²) in [4.78, 5) is 0. The molecule has 16 heavy (non-hydrogen) atoms. The molecular formula is C14H20N2. The molecule has 0 aliphatic heterocycles. The molecule has 2 heteroatoms. The van der Waals surface area contributed by atoms with Crippen LogP contribution in [0.4, 0.5) is 0 Å². The predicted octanol–water partition coefficient (Wildman–Crippen LogP) is 2.93. The predicted molar refractivity (Wildman–Crippen MR) is 67.1 cm³/mol. The van der Waals surface area contributed by atoms with Crippen molar-refractivity contribution in [3.8, 4) is 6.07 Å². The van der Waals surface area contributed by atoms with Gasteiger partial charge in [-0.25, -0.2) is 0 Å². The standard InChI is InChI=1S/C14H20N2/c1-12(10-15)11-16-9-8-13(2)14-6-4-3-5-7-14/h3-7,12-13,16H,8-9,11H2,1-2H3/t12-,13+/m0/s1. The van der Waals surface area contributed by atoms with Gasteiger partial charge in [0.05, 0.1) is 12.0 Å². The Hall–Kier alpha value is -1.33. The lowest BCUT2D eigenvalue weighted by atomic mass is 9.98. The summed E-state index contributed by atoms with van der Waals surface area (Å²) in [7, 11) is 0. The second-order valence-electron chi connectivity index (χ2n) is 4.33. The van der Waals surface area contributed by atoms with Crippen LogP contribution in [0.1, 0.15) is 31.7 Å². The van der Waals surface area contributed by atoms with Crippen LogP contribution in [0.5, 0.6) is 0 Å². The van der Waals surface area contributed by atoms with E-state index < -0.39 is 0 Å². The zero-order valence-corrected chi connectivity index (χ0v) is 10.1. The first-order valence-electron chi connectivity index (χ1n) is 5.89. The molecule has 0 aliphatic rings. The number of hydrogen-bond acceptors (Lipinski definition) is 2. The van der Waals surface area contributed by atoms with E-state index in [2.05, 4.69) is 42.6 Å². The van der Waals surface area contributed by atoms with Gasteiger partial charge in [-0.15, -0.1) is 0 Å². The van der Waals surface area contributed by atoms with Crippen LogP contribution in [0.3, 0.4) is 0 Å². The van der Waals surface area contributed by atoms with E-state index in [1.807, 2.05) is 13.0 Å². The first kappa shape index (κ1) is 12.7. The smallest absolute Gasteiger partial charge is 0.0666 e. The third-order valence-corrected chi connectivity index (χ3v) is 2.79. The quantitative estimate of drug-likeness (QED) is 0.742. The van der Waals surface area contributed by atoms with Gasteiger partial charge in [-0.2, -0.15) is 5.26 Å². The maximum atomic E-state index is 8.63. The Balaban J connectivity index is 2.21. The Morgan fingerprint density at radius 3 is 2.56 bits per heavy atom. The fourth-order valence-electron chi connectivity index (χ4n) is 1.63. The van der Waals surface area contributed by atoms with Crippen molar-refractivity contribution in [1.82, 2.24) is 5.32 Å². The Morgan fingerprint density at radius 2 is 1.94 bits per heavy atom. The number of nitrogens with zero attached hydrogens (tertiary/aromatic N) is 1. The molecule has 2 atom stereocenters. The highest BCUT2D eigenvalue weighted by atomic mass is 14.8. The molecule has 0 amide bonds.